The number of amides is 1. The summed E-state index contributed by atoms with van der Waals surface area (Å²) in [6.45, 7) is 0.369. The van der Waals surface area contributed by atoms with Crippen molar-refractivity contribution in [3.63, 3.8) is 0 Å². The SMILES string of the molecule is COc1ccc(CN(C)C(=O)CCc2c[nH]c3ccccc23)cc1F. The molecule has 0 bridgehead atoms. The third kappa shape index (κ3) is 3.82. The minimum atomic E-state index is -0.417. The first-order chi connectivity index (χ1) is 12.1. The normalized spacial score (nSPS) is 10.8. The molecule has 0 spiro atoms. The highest BCUT2D eigenvalue weighted by atomic mass is 19.1. The number of hydrogen-bond acceptors (Lipinski definition) is 2. The van der Waals surface area contributed by atoms with Crippen molar-refractivity contribution in [1.29, 1.82) is 0 Å². The summed E-state index contributed by atoms with van der Waals surface area (Å²) in [6.07, 6.45) is 3.04. The van der Waals surface area contributed by atoms with E-state index in [0.29, 0.717) is 19.4 Å². The lowest BCUT2D eigenvalue weighted by molar-refractivity contribution is -0.130. The topological polar surface area (TPSA) is 45.3 Å². The Morgan fingerprint density at radius 3 is 2.80 bits per heavy atom. The quantitative estimate of drug-likeness (QED) is 0.739. The lowest BCUT2D eigenvalue weighted by Crippen LogP contribution is -2.26. The largest absolute Gasteiger partial charge is 0.494 e. The Morgan fingerprint density at radius 1 is 1.24 bits per heavy atom. The molecular weight excluding hydrogens is 319 g/mol. The van der Waals surface area contributed by atoms with Crippen LogP contribution in [0.25, 0.3) is 10.9 Å². The lowest BCUT2D eigenvalue weighted by Gasteiger charge is -2.17. The molecule has 0 aliphatic carbocycles. The smallest absolute Gasteiger partial charge is 0.222 e. The van der Waals surface area contributed by atoms with Crippen molar-refractivity contribution in [2.24, 2.45) is 0 Å². The predicted molar refractivity (Wildman–Crippen MR) is 96.0 cm³/mol. The van der Waals surface area contributed by atoms with E-state index in [1.807, 2.05) is 24.4 Å². The highest BCUT2D eigenvalue weighted by Gasteiger charge is 2.12. The van der Waals surface area contributed by atoms with Crippen LogP contribution in [0.4, 0.5) is 4.39 Å². The van der Waals surface area contributed by atoms with E-state index in [9.17, 15) is 9.18 Å². The van der Waals surface area contributed by atoms with E-state index in [-0.39, 0.29) is 11.7 Å². The number of fused-ring (bicyclic) bond motifs is 1. The van der Waals surface area contributed by atoms with Crippen LogP contribution in [0.2, 0.25) is 0 Å². The van der Waals surface area contributed by atoms with Gasteiger partial charge in [0.15, 0.2) is 11.6 Å². The number of carbonyl (C=O) groups is 1. The minimum absolute atomic E-state index is 0.0292. The van der Waals surface area contributed by atoms with Gasteiger partial charge in [-0.2, -0.15) is 0 Å². The monoisotopic (exact) mass is 340 g/mol. The van der Waals surface area contributed by atoms with Gasteiger partial charge in [0, 0.05) is 37.1 Å². The molecule has 0 unspecified atom stereocenters. The van der Waals surface area contributed by atoms with Crippen molar-refractivity contribution in [2.45, 2.75) is 19.4 Å². The minimum Gasteiger partial charge on any atom is -0.494 e. The van der Waals surface area contributed by atoms with Gasteiger partial charge in [-0.05, 0) is 35.7 Å². The fourth-order valence-corrected chi connectivity index (χ4v) is 2.94. The number of rotatable bonds is 6. The van der Waals surface area contributed by atoms with Crippen molar-refractivity contribution < 1.29 is 13.9 Å². The summed E-state index contributed by atoms with van der Waals surface area (Å²) in [5.41, 5.74) is 2.95. The number of H-pyrrole nitrogens is 1. The first-order valence-electron chi connectivity index (χ1n) is 8.20. The van der Waals surface area contributed by atoms with Gasteiger partial charge in [0.25, 0.3) is 0 Å². The number of para-hydroxylation sites is 1. The highest BCUT2D eigenvalue weighted by Crippen LogP contribution is 2.20. The number of halogens is 1. The van der Waals surface area contributed by atoms with Crippen LogP contribution in [-0.2, 0) is 17.8 Å². The van der Waals surface area contributed by atoms with Crippen molar-refractivity contribution in [3.05, 3.63) is 65.6 Å². The Balaban J connectivity index is 1.60. The molecule has 0 saturated carbocycles. The fraction of sp³-hybridized carbons (Fsp3) is 0.250. The molecule has 3 aromatic rings. The molecule has 0 atom stereocenters. The summed E-state index contributed by atoms with van der Waals surface area (Å²) >= 11 is 0. The molecular formula is C20H21FN2O2. The van der Waals surface area contributed by atoms with Gasteiger partial charge < -0.3 is 14.6 Å². The molecule has 1 aromatic heterocycles. The molecule has 130 valence electrons. The van der Waals surface area contributed by atoms with Crippen LogP contribution in [0.1, 0.15) is 17.5 Å². The van der Waals surface area contributed by atoms with Gasteiger partial charge in [0.05, 0.1) is 7.11 Å². The maximum Gasteiger partial charge on any atom is 0.222 e. The molecule has 1 N–H and O–H groups in total. The Labute approximate surface area is 146 Å². The second-order valence-electron chi connectivity index (χ2n) is 6.08. The number of aromatic amines is 1. The molecule has 5 heteroatoms. The standard InChI is InChI=1S/C20H21FN2O2/c1-23(13-14-7-9-19(25-2)17(21)11-14)20(24)10-8-15-12-22-18-6-4-3-5-16(15)18/h3-7,9,11-12,22H,8,10,13H2,1-2H3. The second-order valence-corrected chi connectivity index (χ2v) is 6.08. The Morgan fingerprint density at radius 2 is 2.04 bits per heavy atom. The summed E-state index contributed by atoms with van der Waals surface area (Å²) in [5, 5.41) is 1.15. The van der Waals surface area contributed by atoms with Crippen LogP contribution < -0.4 is 4.74 Å². The molecule has 0 aliphatic rings. The van der Waals surface area contributed by atoms with E-state index in [1.54, 1.807) is 24.1 Å². The third-order valence-corrected chi connectivity index (χ3v) is 4.34. The average molecular weight is 340 g/mol. The molecule has 4 nitrogen and oxygen atoms in total. The molecule has 0 fully saturated rings. The molecule has 0 aliphatic heterocycles. The van der Waals surface area contributed by atoms with Crippen LogP contribution in [-0.4, -0.2) is 29.9 Å². The molecule has 1 heterocycles. The van der Waals surface area contributed by atoms with Crippen LogP contribution in [0.3, 0.4) is 0 Å². The number of benzene rings is 2. The summed E-state index contributed by atoms with van der Waals surface area (Å²) in [4.78, 5) is 17.2. The summed E-state index contributed by atoms with van der Waals surface area (Å²) in [6, 6.07) is 12.8. The summed E-state index contributed by atoms with van der Waals surface area (Å²) < 4.78 is 18.7. The lowest BCUT2D eigenvalue weighted by atomic mass is 10.1. The number of ether oxygens (including phenoxy) is 1. The number of aromatic nitrogens is 1. The van der Waals surface area contributed by atoms with Gasteiger partial charge in [-0.15, -0.1) is 0 Å². The van der Waals surface area contributed by atoms with E-state index in [2.05, 4.69) is 11.1 Å². The average Bonchev–Trinajstić information content (AvgIpc) is 3.03. The molecule has 3 rings (SSSR count). The predicted octanol–water partition coefficient (Wildman–Crippen LogP) is 3.91. The highest BCUT2D eigenvalue weighted by molar-refractivity contribution is 5.84. The van der Waals surface area contributed by atoms with Gasteiger partial charge in [-0.25, -0.2) is 4.39 Å². The summed E-state index contributed by atoms with van der Waals surface area (Å²) in [5.74, 6) is -0.182. The number of nitrogens with one attached hydrogen (secondary N) is 1. The van der Waals surface area contributed by atoms with E-state index in [1.165, 1.54) is 13.2 Å². The van der Waals surface area contributed by atoms with E-state index in [4.69, 9.17) is 4.74 Å². The van der Waals surface area contributed by atoms with Gasteiger partial charge in [0.2, 0.25) is 5.91 Å². The van der Waals surface area contributed by atoms with Crippen molar-refractivity contribution in [3.8, 4) is 5.75 Å². The molecule has 25 heavy (non-hydrogen) atoms. The zero-order chi connectivity index (χ0) is 17.8. The van der Waals surface area contributed by atoms with Crippen LogP contribution in [0.5, 0.6) is 5.75 Å². The zero-order valence-electron chi connectivity index (χ0n) is 14.4. The zero-order valence-corrected chi connectivity index (χ0v) is 14.4. The number of carbonyl (C=O) groups excluding carboxylic acids is 1. The van der Waals surface area contributed by atoms with E-state index in [0.717, 1.165) is 22.0 Å². The maximum atomic E-state index is 13.8. The second kappa shape index (κ2) is 7.38. The van der Waals surface area contributed by atoms with Gasteiger partial charge >= 0.3 is 0 Å². The molecule has 0 saturated heterocycles. The Kier molecular flexibility index (Phi) is 5.03. The van der Waals surface area contributed by atoms with Crippen LogP contribution in [0, 0.1) is 5.82 Å². The van der Waals surface area contributed by atoms with Gasteiger partial charge in [-0.1, -0.05) is 24.3 Å². The molecule has 2 aromatic carbocycles. The van der Waals surface area contributed by atoms with Crippen molar-refractivity contribution >= 4 is 16.8 Å². The van der Waals surface area contributed by atoms with Gasteiger partial charge in [0.1, 0.15) is 0 Å². The van der Waals surface area contributed by atoms with E-state index >= 15 is 0 Å². The maximum absolute atomic E-state index is 13.8. The number of hydrogen-bond donors (Lipinski definition) is 1. The van der Waals surface area contributed by atoms with E-state index < -0.39 is 5.82 Å². The first-order valence-corrected chi connectivity index (χ1v) is 8.20. The van der Waals surface area contributed by atoms with Crippen LogP contribution >= 0.6 is 0 Å². The third-order valence-electron chi connectivity index (χ3n) is 4.34. The summed E-state index contributed by atoms with van der Waals surface area (Å²) in [7, 11) is 3.16. The number of aryl methyl sites for hydroxylation is 1. The van der Waals surface area contributed by atoms with Crippen molar-refractivity contribution in [2.75, 3.05) is 14.2 Å². The molecule has 0 radical (unpaired) electrons. The number of methoxy groups -OCH3 is 1. The fourth-order valence-electron chi connectivity index (χ4n) is 2.94. The first kappa shape index (κ1) is 17.0. The van der Waals surface area contributed by atoms with Crippen molar-refractivity contribution in [1.82, 2.24) is 9.88 Å². The Hall–Kier alpha value is -2.82. The van der Waals surface area contributed by atoms with Crippen LogP contribution in [0.15, 0.2) is 48.7 Å². The molecule has 1 amide bonds. The van der Waals surface area contributed by atoms with Gasteiger partial charge in [-0.3, -0.25) is 4.79 Å². The Bertz CT molecular complexity index is 888. The number of nitrogens with zero attached hydrogens (tertiary/aromatic N) is 1.